The molecule has 0 amide bonds. The van der Waals surface area contributed by atoms with Gasteiger partial charge in [-0.1, -0.05) is 0 Å². The molecule has 0 atom stereocenters. The van der Waals surface area contributed by atoms with Crippen molar-refractivity contribution in [1.82, 2.24) is 4.90 Å². The molecule has 1 aliphatic rings. The molecule has 0 saturated carbocycles. The monoisotopic (exact) mass is 345 g/mol. The number of aliphatic hydroxyl groups excluding tert-OH is 1. The van der Waals surface area contributed by atoms with Gasteiger partial charge < -0.3 is 19.3 Å². The van der Waals surface area contributed by atoms with Crippen LogP contribution in [0.15, 0.2) is 16.6 Å². The molecular formula is C14H20BrNO4. The molecule has 0 spiro atoms. The number of hydrogen-bond donors (Lipinski definition) is 1. The minimum atomic E-state index is -0.0248. The highest BCUT2D eigenvalue weighted by Crippen LogP contribution is 2.36. The van der Waals surface area contributed by atoms with Crippen molar-refractivity contribution in [3.63, 3.8) is 0 Å². The molecule has 1 aliphatic heterocycles. The number of morpholine rings is 1. The predicted molar refractivity (Wildman–Crippen MR) is 79.4 cm³/mol. The van der Waals surface area contributed by atoms with Crippen molar-refractivity contribution in [3.8, 4) is 11.5 Å². The van der Waals surface area contributed by atoms with Crippen LogP contribution in [0.1, 0.15) is 5.56 Å². The predicted octanol–water partition coefficient (Wildman–Crippen LogP) is 1.66. The van der Waals surface area contributed by atoms with Crippen molar-refractivity contribution < 1.29 is 19.3 Å². The maximum absolute atomic E-state index is 9.18. The second-order valence-electron chi connectivity index (χ2n) is 4.57. The van der Waals surface area contributed by atoms with Crippen LogP contribution in [-0.2, 0) is 11.3 Å². The van der Waals surface area contributed by atoms with Crippen LogP contribution in [0.2, 0.25) is 0 Å². The second-order valence-corrected chi connectivity index (χ2v) is 5.42. The number of hydrogen-bond acceptors (Lipinski definition) is 5. The van der Waals surface area contributed by atoms with E-state index in [1.807, 2.05) is 6.07 Å². The van der Waals surface area contributed by atoms with E-state index in [4.69, 9.17) is 14.2 Å². The summed E-state index contributed by atoms with van der Waals surface area (Å²) in [7, 11) is 1.60. The average Bonchev–Trinajstić information content (AvgIpc) is 2.49. The highest BCUT2D eigenvalue weighted by molar-refractivity contribution is 9.10. The van der Waals surface area contributed by atoms with E-state index < -0.39 is 0 Å². The van der Waals surface area contributed by atoms with Gasteiger partial charge in [0.25, 0.3) is 0 Å². The minimum absolute atomic E-state index is 0.0248. The van der Waals surface area contributed by atoms with Gasteiger partial charge in [-0.25, -0.2) is 0 Å². The van der Waals surface area contributed by atoms with Crippen LogP contribution in [0.3, 0.4) is 0 Å². The normalized spacial score (nSPS) is 16.1. The van der Waals surface area contributed by atoms with Gasteiger partial charge in [-0.15, -0.1) is 0 Å². The first kappa shape index (κ1) is 15.6. The third kappa shape index (κ3) is 4.09. The van der Waals surface area contributed by atoms with Crippen LogP contribution >= 0.6 is 15.9 Å². The fraction of sp³-hybridized carbons (Fsp3) is 0.571. The summed E-state index contributed by atoms with van der Waals surface area (Å²) < 4.78 is 17.2. The molecule has 1 aromatic carbocycles. The second kappa shape index (κ2) is 7.83. The van der Waals surface area contributed by atoms with E-state index >= 15 is 0 Å². The smallest absolute Gasteiger partial charge is 0.175 e. The molecule has 0 aromatic heterocycles. The van der Waals surface area contributed by atoms with E-state index in [2.05, 4.69) is 20.8 Å². The molecule has 1 N–H and O–H groups in total. The number of methoxy groups -OCH3 is 1. The van der Waals surface area contributed by atoms with Gasteiger partial charge >= 0.3 is 0 Å². The minimum Gasteiger partial charge on any atom is -0.493 e. The molecule has 0 radical (unpaired) electrons. The number of halogens is 1. The number of ether oxygens (including phenoxy) is 3. The molecular weight excluding hydrogens is 326 g/mol. The summed E-state index contributed by atoms with van der Waals surface area (Å²) in [6.07, 6.45) is 0. The van der Waals surface area contributed by atoms with Crippen molar-refractivity contribution in [2.24, 2.45) is 0 Å². The molecule has 1 saturated heterocycles. The topological polar surface area (TPSA) is 51.2 Å². The Morgan fingerprint density at radius 1 is 1.35 bits per heavy atom. The van der Waals surface area contributed by atoms with Gasteiger partial charge in [0.15, 0.2) is 11.5 Å². The van der Waals surface area contributed by atoms with Crippen LogP contribution < -0.4 is 9.47 Å². The van der Waals surface area contributed by atoms with E-state index in [9.17, 15) is 5.11 Å². The van der Waals surface area contributed by atoms with Crippen molar-refractivity contribution >= 4 is 15.9 Å². The maximum Gasteiger partial charge on any atom is 0.175 e. The zero-order chi connectivity index (χ0) is 14.4. The molecule has 20 heavy (non-hydrogen) atoms. The summed E-state index contributed by atoms with van der Waals surface area (Å²) in [6.45, 7) is 4.91. The number of rotatable bonds is 6. The van der Waals surface area contributed by atoms with Crippen molar-refractivity contribution in [1.29, 1.82) is 0 Å². The zero-order valence-corrected chi connectivity index (χ0v) is 13.2. The van der Waals surface area contributed by atoms with E-state index in [0.717, 1.165) is 42.9 Å². The van der Waals surface area contributed by atoms with Gasteiger partial charge in [0, 0.05) is 19.6 Å². The van der Waals surface area contributed by atoms with Crippen LogP contribution in [0, 0.1) is 0 Å². The van der Waals surface area contributed by atoms with E-state index in [-0.39, 0.29) is 6.61 Å². The van der Waals surface area contributed by atoms with Crippen molar-refractivity contribution in [2.75, 3.05) is 46.6 Å². The van der Waals surface area contributed by atoms with Gasteiger partial charge in [0.05, 0.1) is 31.4 Å². The van der Waals surface area contributed by atoms with Crippen LogP contribution in [0.4, 0.5) is 0 Å². The SMILES string of the molecule is COc1cc(CO)cc(Br)c1OCCN1CCOCC1. The largest absolute Gasteiger partial charge is 0.493 e. The fourth-order valence-electron chi connectivity index (χ4n) is 2.11. The summed E-state index contributed by atoms with van der Waals surface area (Å²) in [5.74, 6) is 1.31. The Balaban J connectivity index is 1.94. The zero-order valence-electron chi connectivity index (χ0n) is 11.6. The molecule has 2 rings (SSSR count). The van der Waals surface area contributed by atoms with Crippen LogP contribution in [0.5, 0.6) is 11.5 Å². The number of nitrogens with zero attached hydrogens (tertiary/aromatic N) is 1. The van der Waals surface area contributed by atoms with Crippen LogP contribution in [0.25, 0.3) is 0 Å². The summed E-state index contributed by atoms with van der Waals surface area (Å²) in [6, 6.07) is 3.63. The lowest BCUT2D eigenvalue weighted by Crippen LogP contribution is -2.38. The Kier molecular flexibility index (Phi) is 6.09. The Bertz CT molecular complexity index is 435. The quantitative estimate of drug-likeness (QED) is 0.849. The van der Waals surface area contributed by atoms with E-state index in [1.165, 1.54) is 0 Å². The van der Waals surface area contributed by atoms with Gasteiger partial charge in [0.2, 0.25) is 0 Å². The molecule has 1 heterocycles. The molecule has 6 heteroatoms. The average molecular weight is 346 g/mol. The van der Waals surface area contributed by atoms with Crippen LogP contribution in [-0.4, -0.2) is 56.6 Å². The molecule has 1 fully saturated rings. The van der Waals surface area contributed by atoms with Gasteiger partial charge in [-0.2, -0.15) is 0 Å². The lowest BCUT2D eigenvalue weighted by atomic mass is 10.2. The summed E-state index contributed by atoms with van der Waals surface area (Å²) >= 11 is 3.46. The Hall–Kier alpha value is -0.820. The summed E-state index contributed by atoms with van der Waals surface area (Å²) in [5.41, 5.74) is 0.786. The van der Waals surface area contributed by atoms with Crippen molar-refractivity contribution in [3.05, 3.63) is 22.2 Å². The molecule has 0 bridgehead atoms. The lowest BCUT2D eigenvalue weighted by molar-refractivity contribution is 0.0320. The van der Waals surface area contributed by atoms with Gasteiger partial charge in [0.1, 0.15) is 6.61 Å². The first-order valence-corrected chi connectivity index (χ1v) is 7.44. The summed E-state index contributed by atoms with van der Waals surface area (Å²) in [5, 5.41) is 9.18. The Labute approximate surface area is 127 Å². The molecule has 0 unspecified atom stereocenters. The number of aliphatic hydroxyl groups is 1. The Morgan fingerprint density at radius 3 is 2.75 bits per heavy atom. The third-order valence-electron chi connectivity index (χ3n) is 3.23. The molecule has 5 nitrogen and oxygen atoms in total. The third-order valence-corrected chi connectivity index (χ3v) is 3.82. The maximum atomic E-state index is 9.18. The molecule has 0 aliphatic carbocycles. The highest BCUT2D eigenvalue weighted by Gasteiger charge is 2.13. The molecule has 112 valence electrons. The number of benzene rings is 1. The molecule has 1 aromatic rings. The van der Waals surface area contributed by atoms with E-state index in [0.29, 0.717) is 18.1 Å². The summed E-state index contributed by atoms with van der Waals surface area (Å²) in [4.78, 5) is 2.31. The highest BCUT2D eigenvalue weighted by atomic mass is 79.9. The van der Waals surface area contributed by atoms with Gasteiger partial charge in [-0.3, -0.25) is 4.90 Å². The lowest BCUT2D eigenvalue weighted by Gasteiger charge is -2.26. The van der Waals surface area contributed by atoms with Crippen molar-refractivity contribution in [2.45, 2.75) is 6.61 Å². The Morgan fingerprint density at radius 2 is 2.10 bits per heavy atom. The first-order chi connectivity index (χ1) is 9.74. The fourth-order valence-corrected chi connectivity index (χ4v) is 2.71. The van der Waals surface area contributed by atoms with Gasteiger partial charge in [-0.05, 0) is 33.6 Å². The standard InChI is InChI=1S/C14H20BrNO4/c1-18-13-9-11(10-17)8-12(15)14(13)20-7-4-16-2-5-19-6-3-16/h8-9,17H,2-7,10H2,1H3. The van der Waals surface area contributed by atoms with E-state index in [1.54, 1.807) is 13.2 Å². The first-order valence-electron chi connectivity index (χ1n) is 6.64.